The van der Waals surface area contributed by atoms with Gasteiger partial charge in [-0.15, -0.1) is 0 Å². The van der Waals surface area contributed by atoms with Crippen LogP contribution in [0.15, 0.2) is 47.8 Å². The van der Waals surface area contributed by atoms with E-state index in [-0.39, 0.29) is 5.75 Å². The second-order valence-electron chi connectivity index (χ2n) is 5.82. The lowest BCUT2D eigenvalue weighted by molar-refractivity contribution is 0.214. The quantitative estimate of drug-likeness (QED) is 0.484. The summed E-state index contributed by atoms with van der Waals surface area (Å²) in [7, 11) is 2.10. The normalized spacial score (nSPS) is 15.9. The number of phenols is 1. The van der Waals surface area contributed by atoms with E-state index in [1.807, 2.05) is 6.07 Å². The predicted octanol–water partition coefficient (Wildman–Crippen LogP) is 1.06. The van der Waals surface area contributed by atoms with Crippen molar-refractivity contribution in [3.05, 3.63) is 53.9 Å². The number of rotatable bonds is 3. The maximum atomic E-state index is 10.2. The van der Waals surface area contributed by atoms with Gasteiger partial charge in [0.05, 0.1) is 12.4 Å². The molecular formula is C17H20N6OS. The fourth-order valence-corrected chi connectivity index (χ4v) is 2.80. The highest BCUT2D eigenvalue weighted by molar-refractivity contribution is 7.80. The molecule has 0 spiro atoms. The minimum Gasteiger partial charge on any atom is -0.507 e. The molecule has 2 N–H and O–H groups in total. The Bertz CT molecular complexity index is 759. The number of hydrogen-bond acceptors (Lipinski definition) is 6. The van der Waals surface area contributed by atoms with Crippen molar-refractivity contribution in [2.75, 3.05) is 33.2 Å². The van der Waals surface area contributed by atoms with Crippen LogP contribution in [-0.4, -0.2) is 69.2 Å². The van der Waals surface area contributed by atoms with Gasteiger partial charge in [-0.1, -0.05) is 12.1 Å². The molecule has 8 heteroatoms. The average Bonchev–Trinajstić information content (AvgIpc) is 2.64. The van der Waals surface area contributed by atoms with Crippen LogP contribution in [0.2, 0.25) is 0 Å². The summed E-state index contributed by atoms with van der Waals surface area (Å²) in [6.45, 7) is 3.65. The van der Waals surface area contributed by atoms with Crippen LogP contribution in [0.1, 0.15) is 11.1 Å². The molecule has 1 aromatic heterocycles. The Kier molecular flexibility index (Phi) is 5.52. The first-order chi connectivity index (χ1) is 12.1. The van der Waals surface area contributed by atoms with Gasteiger partial charge in [0.15, 0.2) is 5.11 Å². The van der Waals surface area contributed by atoms with Gasteiger partial charge in [-0.3, -0.25) is 5.43 Å². The van der Waals surface area contributed by atoms with Gasteiger partial charge < -0.3 is 14.9 Å². The second kappa shape index (κ2) is 8.00. The number of likely N-dealkylation sites (N-methyl/N-ethyl adjacent to an activating group) is 1. The molecule has 2 aromatic rings. The Morgan fingerprint density at radius 2 is 1.92 bits per heavy atom. The van der Waals surface area contributed by atoms with Gasteiger partial charge in [-0.2, -0.15) is 15.3 Å². The number of benzene rings is 1. The zero-order chi connectivity index (χ0) is 17.6. The molecule has 1 fully saturated rings. The molecule has 1 aliphatic rings. The molecule has 1 aliphatic heterocycles. The summed E-state index contributed by atoms with van der Waals surface area (Å²) in [6.07, 6.45) is 3.19. The van der Waals surface area contributed by atoms with E-state index in [4.69, 9.17) is 12.2 Å². The Morgan fingerprint density at radius 1 is 1.16 bits per heavy atom. The number of phenolic OH excluding ortho intramolecular Hbond substituents is 1. The van der Waals surface area contributed by atoms with Gasteiger partial charge in [0, 0.05) is 37.3 Å². The number of piperazine rings is 1. The molecule has 3 rings (SSSR count). The summed E-state index contributed by atoms with van der Waals surface area (Å²) in [5, 5.41) is 22.9. The van der Waals surface area contributed by atoms with E-state index in [0.717, 1.165) is 31.7 Å². The fraction of sp³-hybridized carbons (Fsp3) is 0.294. The third kappa shape index (κ3) is 4.28. The number of hydrazone groups is 1. The Labute approximate surface area is 152 Å². The molecule has 0 bridgehead atoms. The van der Waals surface area contributed by atoms with Crippen LogP contribution in [0.5, 0.6) is 5.75 Å². The molecule has 0 atom stereocenters. The first-order valence-electron chi connectivity index (χ1n) is 8.02. The zero-order valence-corrected chi connectivity index (χ0v) is 14.8. The standard InChI is InChI=1S/C17H20N6OS/c1-22-8-10-23(11-9-22)17(25)21-20-16(13-6-7-18-19-12-13)14-4-2-3-5-15(14)24/h2-7,12,24H,8-11H2,1H3,(H,21,25)/b20-16+. The van der Waals surface area contributed by atoms with Crippen LogP contribution < -0.4 is 5.43 Å². The molecular weight excluding hydrogens is 336 g/mol. The maximum absolute atomic E-state index is 10.2. The summed E-state index contributed by atoms with van der Waals surface area (Å²) in [6, 6.07) is 8.83. The molecule has 0 unspecified atom stereocenters. The van der Waals surface area contributed by atoms with Gasteiger partial charge in [-0.25, -0.2) is 0 Å². The highest BCUT2D eigenvalue weighted by atomic mass is 32.1. The van der Waals surface area contributed by atoms with Gasteiger partial charge in [0.1, 0.15) is 11.5 Å². The van der Waals surface area contributed by atoms with Crippen LogP contribution in [0, 0.1) is 0 Å². The van der Waals surface area contributed by atoms with Crippen molar-refractivity contribution in [3.8, 4) is 5.75 Å². The van der Waals surface area contributed by atoms with E-state index in [0.29, 0.717) is 16.4 Å². The average molecular weight is 356 g/mol. The molecule has 0 saturated carbocycles. The number of thiocarbonyl (C=S) groups is 1. The second-order valence-corrected chi connectivity index (χ2v) is 6.20. The van der Waals surface area contributed by atoms with Crippen molar-refractivity contribution in [2.45, 2.75) is 0 Å². The molecule has 0 amide bonds. The highest BCUT2D eigenvalue weighted by Crippen LogP contribution is 2.20. The fourth-order valence-electron chi connectivity index (χ4n) is 2.57. The largest absolute Gasteiger partial charge is 0.507 e. The van der Waals surface area contributed by atoms with Crippen LogP contribution in [0.25, 0.3) is 0 Å². The third-order valence-corrected chi connectivity index (χ3v) is 4.42. The predicted molar refractivity (Wildman–Crippen MR) is 101 cm³/mol. The Balaban J connectivity index is 1.83. The topological polar surface area (TPSA) is 76.9 Å². The smallest absolute Gasteiger partial charge is 0.189 e. The molecule has 25 heavy (non-hydrogen) atoms. The monoisotopic (exact) mass is 356 g/mol. The number of nitrogens with zero attached hydrogens (tertiary/aromatic N) is 5. The minimum absolute atomic E-state index is 0.144. The van der Waals surface area contributed by atoms with Crippen molar-refractivity contribution >= 4 is 23.0 Å². The number of hydrogen-bond donors (Lipinski definition) is 2. The van der Waals surface area contributed by atoms with Crippen LogP contribution >= 0.6 is 12.2 Å². The highest BCUT2D eigenvalue weighted by Gasteiger charge is 2.17. The molecule has 7 nitrogen and oxygen atoms in total. The Morgan fingerprint density at radius 3 is 2.60 bits per heavy atom. The Hall–Kier alpha value is -2.58. The van der Waals surface area contributed by atoms with Crippen LogP contribution in [0.4, 0.5) is 0 Å². The number of nitrogens with one attached hydrogen (secondary N) is 1. The number of para-hydroxylation sites is 1. The summed E-state index contributed by atoms with van der Waals surface area (Å²) >= 11 is 5.46. The lowest BCUT2D eigenvalue weighted by atomic mass is 10.0. The minimum atomic E-state index is 0.144. The summed E-state index contributed by atoms with van der Waals surface area (Å²) in [4.78, 5) is 4.35. The summed E-state index contributed by atoms with van der Waals surface area (Å²) in [5.41, 5.74) is 4.86. The van der Waals surface area contributed by atoms with Gasteiger partial charge in [-0.05, 0) is 37.5 Å². The molecule has 130 valence electrons. The SMILES string of the molecule is CN1CCN(C(=S)N/N=C(\c2ccnnc2)c2ccccc2O)CC1. The van der Waals surface area contributed by atoms with Crippen molar-refractivity contribution in [2.24, 2.45) is 5.10 Å². The van der Waals surface area contributed by atoms with E-state index < -0.39 is 0 Å². The van der Waals surface area contributed by atoms with E-state index in [1.165, 1.54) is 0 Å². The first kappa shape index (κ1) is 17.2. The molecule has 1 saturated heterocycles. The van der Waals surface area contributed by atoms with Crippen LogP contribution in [0.3, 0.4) is 0 Å². The van der Waals surface area contributed by atoms with Crippen molar-refractivity contribution in [1.82, 2.24) is 25.4 Å². The van der Waals surface area contributed by atoms with E-state index >= 15 is 0 Å². The zero-order valence-electron chi connectivity index (χ0n) is 14.0. The van der Waals surface area contributed by atoms with Crippen molar-refractivity contribution in [3.63, 3.8) is 0 Å². The lowest BCUT2D eigenvalue weighted by Gasteiger charge is -2.33. The van der Waals surface area contributed by atoms with E-state index in [2.05, 4.69) is 37.6 Å². The van der Waals surface area contributed by atoms with Gasteiger partial charge in [0.2, 0.25) is 0 Å². The van der Waals surface area contributed by atoms with E-state index in [1.54, 1.807) is 36.7 Å². The molecule has 2 heterocycles. The summed E-state index contributed by atoms with van der Waals surface area (Å²) in [5.74, 6) is 0.144. The van der Waals surface area contributed by atoms with Gasteiger partial charge >= 0.3 is 0 Å². The van der Waals surface area contributed by atoms with Crippen LogP contribution in [-0.2, 0) is 0 Å². The van der Waals surface area contributed by atoms with Gasteiger partial charge in [0.25, 0.3) is 0 Å². The molecule has 1 aromatic carbocycles. The third-order valence-electron chi connectivity index (χ3n) is 4.07. The lowest BCUT2D eigenvalue weighted by Crippen LogP contribution is -2.49. The summed E-state index contributed by atoms with van der Waals surface area (Å²) < 4.78 is 0. The van der Waals surface area contributed by atoms with Crippen molar-refractivity contribution in [1.29, 1.82) is 0 Å². The molecule has 0 radical (unpaired) electrons. The van der Waals surface area contributed by atoms with E-state index in [9.17, 15) is 5.11 Å². The first-order valence-corrected chi connectivity index (χ1v) is 8.42. The molecule has 0 aliphatic carbocycles. The van der Waals surface area contributed by atoms with Crippen molar-refractivity contribution < 1.29 is 5.11 Å². The number of aromatic nitrogens is 2. The maximum Gasteiger partial charge on any atom is 0.189 e. The number of aromatic hydroxyl groups is 1.